The second kappa shape index (κ2) is 5.47. The van der Waals surface area contributed by atoms with Gasteiger partial charge in [0.15, 0.2) is 0 Å². The molecule has 2 N–H and O–H groups in total. The lowest BCUT2D eigenvalue weighted by Gasteiger charge is -2.32. The van der Waals surface area contributed by atoms with Crippen LogP contribution in [0.25, 0.3) is 0 Å². The third kappa shape index (κ3) is 2.79. The summed E-state index contributed by atoms with van der Waals surface area (Å²) in [6, 6.07) is 4.45. The summed E-state index contributed by atoms with van der Waals surface area (Å²) in [5.74, 6) is 0. The van der Waals surface area contributed by atoms with Crippen molar-refractivity contribution in [2.24, 2.45) is 0 Å². The van der Waals surface area contributed by atoms with Crippen LogP contribution < -0.4 is 10.2 Å². The largest absolute Gasteiger partial charge is 0.390 e. The van der Waals surface area contributed by atoms with Crippen molar-refractivity contribution < 1.29 is 5.11 Å². The lowest BCUT2D eigenvalue weighted by Crippen LogP contribution is -2.39. The van der Waals surface area contributed by atoms with Crippen molar-refractivity contribution in [2.75, 3.05) is 24.5 Å². The Kier molecular flexibility index (Phi) is 4.15. The Bertz CT molecular complexity index is 413. The average molecular weight is 269 g/mol. The van der Waals surface area contributed by atoms with E-state index in [1.54, 1.807) is 0 Å². The number of rotatable bonds is 1. The van der Waals surface area contributed by atoms with Gasteiger partial charge in [-0.05, 0) is 38.0 Å². The molecule has 0 amide bonds. The summed E-state index contributed by atoms with van der Waals surface area (Å²) in [4.78, 5) is 2.21. The highest BCUT2D eigenvalue weighted by atomic mass is 35.5. The molecule has 0 saturated carbocycles. The first-order valence-corrected chi connectivity index (χ1v) is 6.79. The van der Waals surface area contributed by atoms with Crippen LogP contribution in [0.4, 0.5) is 5.69 Å². The van der Waals surface area contributed by atoms with E-state index < -0.39 is 0 Å². The van der Waals surface area contributed by atoms with Crippen LogP contribution in [0.5, 0.6) is 0 Å². The van der Waals surface area contributed by atoms with E-state index in [0.717, 1.165) is 17.3 Å². The van der Waals surface area contributed by atoms with Gasteiger partial charge in [0.05, 0.1) is 16.8 Å². The predicted molar refractivity (Wildman–Crippen MR) is 76.6 cm³/mol. The Labute approximate surface area is 114 Å². The molecule has 0 bridgehead atoms. The lowest BCUT2D eigenvalue weighted by atomic mass is 10.1. The zero-order valence-corrected chi connectivity index (χ0v) is 12.0. The van der Waals surface area contributed by atoms with Crippen molar-refractivity contribution in [3.63, 3.8) is 0 Å². The molecule has 0 aliphatic carbocycles. The Morgan fingerprint density at radius 1 is 1.33 bits per heavy atom. The number of hydrogen-bond acceptors (Lipinski definition) is 3. The van der Waals surface area contributed by atoms with Crippen molar-refractivity contribution in [3.8, 4) is 0 Å². The van der Waals surface area contributed by atoms with E-state index >= 15 is 0 Å². The second-order valence-corrected chi connectivity index (χ2v) is 5.63. The molecule has 1 saturated heterocycles. The topological polar surface area (TPSA) is 35.5 Å². The SMILES string of the molecule is Cc1cc(C)c(N2CC(O)CNCC2C)c(Cl)c1. The molecular weight excluding hydrogens is 248 g/mol. The van der Waals surface area contributed by atoms with Gasteiger partial charge in [-0.2, -0.15) is 0 Å². The summed E-state index contributed by atoms with van der Waals surface area (Å²) in [6.45, 7) is 8.40. The van der Waals surface area contributed by atoms with Crippen LogP contribution in [-0.4, -0.2) is 36.9 Å². The highest BCUT2D eigenvalue weighted by Gasteiger charge is 2.24. The molecule has 0 spiro atoms. The third-order valence-electron chi connectivity index (χ3n) is 3.44. The molecule has 100 valence electrons. The molecular formula is C14H21ClN2O. The molecule has 1 aliphatic heterocycles. The van der Waals surface area contributed by atoms with Crippen molar-refractivity contribution in [2.45, 2.75) is 32.9 Å². The fourth-order valence-corrected chi connectivity index (χ4v) is 3.05. The average Bonchev–Trinajstić information content (AvgIpc) is 2.40. The number of hydrogen-bond donors (Lipinski definition) is 2. The van der Waals surface area contributed by atoms with Crippen LogP contribution >= 0.6 is 11.6 Å². The Morgan fingerprint density at radius 2 is 2.06 bits per heavy atom. The zero-order chi connectivity index (χ0) is 13.3. The van der Waals surface area contributed by atoms with E-state index in [1.165, 1.54) is 11.1 Å². The van der Waals surface area contributed by atoms with Gasteiger partial charge in [0, 0.05) is 25.7 Å². The lowest BCUT2D eigenvalue weighted by molar-refractivity contribution is 0.184. The summed E-state index contributed by atoms with van der Waals surface area (Å²) in [6.07, 6.45) is -0.355. The molecule has 18 heavy (non-hydrogen) atoms. The molecule has 3 nitrogen and oxygen atoms in total. The van der Waals surface area contributed by atoms with E-state index in [4.69, 9.17) is 11.6 Å². The van der Waals surface area contributed by atoms with Crippen LogP contribution in [0.2, 0.25) is 5.02 Å². The maximum absolute atomic E-state index is 9.93. The molecule has 1 aliphatic rings. The highest BCUT2D eigenvalue weighted by molar-refractivity contribution is 6.33. The first-order chi connectivity index (χ1) is 8.49. The molecule has 4 heteroatoms. The highest BCUT2D eigenvalue weighted by Crippen LogP contribution is 2.32. The van der Waals surface area contributed by atoms with Gasteiger partial charge in [0.1, 0.15) is 0 Å². The standard InChI is InChI=1S/C14H21ClN2O/c1-9-4-10(2)14(13(15)5-9)17-8-12(18)7-16-6-11(17)3/h4-5,11-12,16,18H,6-8H2,1-3H3. The minimum atomic E-state index is -0.355. The van der Waals surface area contributed by atoms with E-state index in [-0.39, 0.29) is 6.10 Å². The van der Waals surface area contributed by atoms with Gasteiger partial charge < -0.3 is 15.3 Å². The number of anilines is 1. The number of benzene rings is 1. The van der Waals surface area contributed by atoms with Gasteiger partial charge in [0.25, 0.3) is 0 Å². The molecule has 2 unspecified atom stereocenters. The number of nitrogens with one attached hydrogen (secondary N) is 1. The van der Waals surface area contributed by atoms with E-state index in [0.29, 0.717) is 19.1 Å². The number of aryl methyl sites for hydroxylation is 2. The molecule has 1 fully saturated rings. The Morgan fingerprint density at radius 3 is 2.72 bits per heavy atom. The van der Waals surface area contributed by atoms with Gasteiger partial charge in [-0.1, -0.05) is 17.7 Å². The van der Waals surface area contributed by atoms with Crippen molar-refractivity contribution in [3.05, 3.63) is 28.3 Å². The summed E-state index contributed by atoms with van der Waals surface area (Å²) >= 11 is 6.39. The van der Waals surface area contributed by atoms with E-state index in [2.05, 4.69) is 30.1 Å². The number of β-amino-alcohol motifs (C(OH)–C–C–N with tert-alkyl or cyclic N) is 1. The van der Waals surface area contributed by atoms with Crippen LogP contribution in [-0.2, 0) is 0 Å². The Hall–Kier alpha value is -0.770. The van der Waals surface area contributed by atoms with Gasteiger partial charge in [-0.25, -0.2) is 0 Å². The van der Waals surface area contributed by atoms with Gasteiger partial charge in [-0.15, -0.1) is 0 Å². The fraction of sp³-hybridized carbons (Fsp3) is 0.571. The smallest absolute Gasteiger partial charge is 0.0839 e. The molecule has 1 aromatic carbocycles. The minimum Gasteiger partial charge on any atom is -0.390 e. The molecule has 0 radical (unpaired) electrons. The van der Waals surface area contributed by atoms with Gasteiger partial charge >= 0.3 is 0 Å². The van der Waals surface area contributed by atoms with E-state index in [1.807, 2.05) is 13.0 Å². The van der Waals surface area contributed by atoms with Crippen LogP contribution in [0.15, 0.2) is 12.1 Å². The fourth-order valence-electron chi connectivity index (χ4n) is 2.62. The molecule has 1 heterocycles. The van der Waals surface area contributed by atoms with Crippen molar-refractivity contribution in [1.29, 1.82) is 0 Å². The first kappa shape index (κ1) is 13.7. The monoisotopic (exact) mass is 268 g/mol. The quantitative estimate of drug-likeness (QED) is 0.819. The van der Waals surface area contributed by atoms with E-state index in [9.17, 15) is 5.11 Å². The van der Waals surface area contributed by atoms with Gasteiger partial charge in [0.2, 0.25) is 0 Å². The molecule has 2 atom stereocenters. The summed E-state index contributed by atoms with van der Waals surface area (Å²) in [7, 11) is 0. The molecule has 2 rings (SSSR count). The zero-order valence-electron chi connectivity index (χ0n) is 11.2. The molecule has 1 aromatic rings. The summed E-state index contributed by atoms with van der Waals surface area (Å²) in [5.41, 5.74) is 3.39. The third-order valence-corrected chi connectivity index (χ3v) is 3.73. The van der Waals surface area contributed by atoms with Crippen LogP contribution in [0.1, 0.15) is 18.1 Å². The maximum atomic E-state index is 9.93. The van der Waals surface area contributed by atoms with Crippen LogP contribution in [0, 0.1) is 13.8 Å². The maximum Gasteiger partial charge on any atom is 0.0839 e. The number of nitrogens with zero attached hydrogens (tertiary/aromatic N) is 1. The molecule has 0 aromatic heterocycles. The second-order valence-electron chi connectivity index (χ2n) is 5.23. The summed E-state index contributed by atoms with van der Waals surface area (Å²) in [5, 5.41) is 14.0. The van der Waals surface area contributed by atoms with Gasteiger partial charge in [-0.3, -0.25) is 0 Å². The minimum absolute atomic E-state index is 0.320. The first-order valence-electron chi connectivity index (χ1n) is 6.41. The number of aliphatic hydroxyl groups excluding tert-OH is 1. The number of aliphatic hydroxyl groups is 1. The van der Waals surface area contributed by atoms with Crippen LogP contribution in [0.3, 0.4) is 0 Å². The van der Waals surface area contributed by atoms with Crippen molar-refractivity contribution >= 4 is 17.3 Å². The predicted octanol–water partition coefficient (Wildman–Crippen LogP) is 2.12. The normalized spacial score (nSPS) is 25.1. The van der Waals surface area contributed by atoms with Crippen molar-refractivity contribution in [1.82, 2.24) is 5.32 Å². The Balaban J connectivity index is 2.39. The number of halogens is 1. The summed E-state index contributed by atoms with van der Waals surface area (Å²) < 4.78 is 0.